The van der Waals surface area contributed by atoms with Gasteiger partial charge in [-0.3, -0.25) is 0 Å². The predicted octanol–water partition coefficient (Wildman–Crippen LogP) is -0.218. The molecule has 0 aliphatic carbocycles. The van der Waals surface area contributed by atoms with E-state index in [1.54, 1.807) is 0 Å². The van der Waals surface area contributed by atoms with Gasteiger partial charge in [-0.25, -0.2) is 8.42 Å². The first-order valence-electron chi connectivity index (χ1n) is 5.08. The first-order chi connectivity index (χ1) is 6.53. The molecule has 4 nitrogen and oxygen atoms in total. The molecule has 1 aliphatic rings. The van der Waals surface area contributed by atoms with Crippen LogP contribution in [0, 0.1) is 5.92 Å². The molecule has 1 rings (SSSR count). The monoisotopic (exact) mass is 221 g/mol. The van der Waals surface area contributed by atoms with Crippen LogP contribution in [-0.2, 0) is 9.84 Å². The highest BCUT2D eigenvalue weighted by molar-refractivity contribution is 7.91. The Morgan fingerprint density at radius 2 is 2.29 bits per heavy atom. The number of aliphatic hydroxyl groups is 1. The molecule has 0 bridgehead atoms. The molecule has 2 N–H and O–H groups in total. The van der Waals surface area contributed by atoms with Crippen LogP contribution < -0.4 is 5.32 Å². The zero-order valence-corrected chi connectivity index (χ0v) is 9.39. The summed E-state index contributed by atoms with van der Waals surface area (Å²) in [6.07, 6.45) is 1.69. The first-order valence-corrected chi connectivity index (χ1v) is 6.90. The van der Waals surface area contributed by atoms with Crippen LogP contribution >= 0.6 is 0 Å². The molecule has 1 aliphatic heterocycles. The summed E-state index contributed by atoms with van der Waals surface area (Å²) in [5.41, 5.74) is 0. The molecule has 0 amide bonds. The van der Waals surface area contributed by atoms with Crippen LogP contribution in [-0.4, -0.2) is 44.2 Å². The Bertz CT molecular complexity index is 263. The van der Waals surface area contributed by atoms with Crippen molar-refractivity contribution in [2.45, 2.75) is 25.8 Å². The lowest BCUT2D eigenvalue weighted by Gasteiger charge is -2.24. The zero-order chi connectivity index (χ0) is 10.6. The van der Waals surface area contributed by atoms with E-state index in [1.807, 2.05) is 6.92 Å². The third kappa shape index (κ3) is 3.94. The summed E-state index contributed by atoms with van der Waals surface area (Å²) in [5.74, 6) is 0.783. The molecule has 1 saturated heterocycles. The van der Waals surface area contributed by atoms with Gasteiger partial charge in [0.15, 0.2) is 9.84 Å². The largest absolute Gasteiger partial charge is 0.396 e. The molecule has 0 saturated carbocycles. The summed E-state index contributed by atoms with van der Waals surface area (Å²) in [6, 6.07) is 0.0859. The van der Waals surface area contributed by atoms with E-state index < -0.39 is 9.84 Å². The Labute approximate surface area is 85.6 Å². The highest BCUT2D eigenvalue weighted by Crippen LogP contribution is 2.12. The van der Waals surface area contributed by atoms with E-state index >= 15 is 0 Å². The van der Waals surface area contributed by atoms with Crippen LogP contribution in [0.2, 0.25) is 0 Å². The van der Waals surface area contributed by atoms with Gasteiger partial charge in [0, 0.05) is 19.2 Å². The standard InChI is InChI=1S/C9H19NO3S/c1-8(6-11)5-10-9-3-2-4-14(12,13)7-9/h8-11H,2-7H2,1H3. The molecule has 0 aromatic carbocycles. The summed E-state index contributed by atoms with van der Waals surface area (Å²) in [7, 11) is -2.81. The molecule has 0 radical (unpaired) electrons. The second-order valence-corrected chi connectivity index (χ2v) is 6.38. The van der Waals surface area contributed by atoms with Gasteiger partial charge in [-0.1, -0.05) is 6.92 Å². The van der Waals surface area contributed by atoms with Gasteiger partial charge in [-0.15, -0.1) is 0 Å². The molecule has 2 unspecified atom stereocenters. The van der Waals surface area contributed by atoms with Gasteiger partial charge >= 0.3 is 0 Å². The fourth-order valence-electron chi connectivity index (χ4n) is 1.62. The molecule has 1 heterocycles. The summed E-state index contributed by atoms with van der Waals surface area (Å²) in [6.45, 7) is 2.77. The van der Waals surface area contributed by atoms with Crippen molar-refractivity contribution >= 4 is 9.84 Å². The second kappa shape index (κ2) is 5.09. The molecule has 0 spiro atoms. The van der Waals surface area contributed by atoms with E-state index in [0.29, 0.717) is 12.3 Å². The Morgan fingerprint density at radius 1 is 1.57 bits per heavy atom. The fraction of sp³-hybridized carbons (Fsp3) is 1.00. The van der Waals surface area contributed by atoms with E-state index in [0.717, 1.165) is 12.8 Å². The molecule has 2 atom stereocenters. The first kappa shape index (κ1) is 11.9. The van der Waals surface area contributed by atoms with E-state index in [2.05, 4.69) is 5.32 Å². The second-order valence-electron chi connectivity index (χ2n) is 4.15. The van der Waals surface area contributed by atoms with Gasteiger partial charge in [0.25, 0.3) is 0 Å². The van der Waals surface area contributed by atoms with Crippen molar-refractivity contribution in [2.75, 3.05) is 24.7 Å². The number of hydrogen-bond donors (Lipinski definition) is 2. The smallest absolute Gasteiger partial charge is 0.151 e. The minimum absolute atomic E-state index is 0.0859. The fourth-order valence-corrected chi connectivity index (χ4v) is 3.29. The quantitative estimate of drug-likeness (QED) is 0.689. The number of hydrogen-bond acceptors (Lipinski definition) is 4. The Hall–Kier alpha value is -0.130. The average molecular weight is 221 g/mol. The van der Waals surface area contributed by atoms with Gasteiger partial charge in [0.05, 0.1) is 11.5 Å². The number of rotatable bonds is 4. The van der Waals surface area contributed by atoms with Crippen LogP contribution in [0.1, 0.15) is 19.8 Å². The van der Waals surface area contributed by atoms with Crippen molar-refractivity contribution in [3.63, 3.8) is 0 Å². The maximum Gasteiger partial charge on any atom is 0.151 e. The lowest BCUT2D eigenvalue weighted by molar-refractivity contribution is 0.230. The lowest BCUT2D eigenvalue weighted by Crippen LogP contribution is -2.42. The molecule has 0 aromatic heterocycles. The highest BCUT2D eigenvalue weighted by Gasteiger charge is 2.24. The third-order valence-electron chi connectivity index (χ3n) is 2.53. The minimum atomic E-state index is -2.81. The molecule has 0 aromatic rings. The van der Waals surface area contributed by atoms with Crippen molar-refractivity contribution in [3.05, 3.63) is 0 Å². The lowest BCUT2D eigenvalue weighted by atomic mass is 10.1. The molecular formula is C9H19NO3S. The summed E-state index contributed by atoms with van der Waals surface area (Å²) in [5, 5.41) is 12.0. The maximum absolute atomic E-state index is 11.3. The van der Waals surface area contributed by atoms with E-state index in [1.165, 1.54) is 0 Å². The summed E-state index contributed by atoms with van der Waals surface area (Å²) in [4.78, 5) is 0. The van der Waals surface area contributed by atoms with Crippen molar-refractivity contribution in [3.8, 4) is 0 Å². The molecule has 14 heavy (non-hydrogen) atoms. The molecule has 1 fully saturated rings. The average Bonchev–Trinajstić information content (AvgIpc) is 2.12. The van der Waals surface area contributed by atoms with Crippen LogP contribution in [0.4, 0.5) is 0 Å². The number of aliphatic hydroxyl groups excluding tert-OH is 1. The van der Waals surface area contributed by atoms with Crippen LogP contribution in [0.5, 0.6) is 0 Å². The SMILES string of the molecule is CC(CO)CNC1CCCS(=O)(=O)C1. The van der Waals surface area contributed by atoms with Gasteiger partial charge in [0.2, 0.25) is 0 Å². The van der Waals surface area contributed by atoms with Crippen molar-refractivity contribution in [1.29, 1.82) is 0 Å². The van der Waals surface area contributed by atoms with Gasteiger partial charge in [-0.2, -0.15) is 0 Å². The summed E-state index contributed by atoms with van der Waals surface area (Å²) >= 11 is 0. The van der Waals surface area contributed by atoms with Crippen LogP contribution in [0.15, 0.2) is 0 Å². The van der Waals surface area contributed by atoms with E-state index in [4.69, 9.17) is 5.11 Å². The summed E-state index contributed by atoms with van der Waals surface area (Å²) < 4.78 is 22.6. The molecule has 5 heteroatoms. The van der Waals surface area contributed by atoms with Crippen LogP contribution in [0.25, 0.3) is 0 Å². The molecule has 84 valence electrons. The number of nitrogens with one attached hydrogen (secondary N) is 1. The number of sulfone groups is 1. The topological polar surface area (TPSA) is 66.4 Å². The maximum atomic E-state index is 11.3. The van der Waals surface area contributed by atoms with Crippen LogP contribution in [0.3, 0.4) is 0 Å². The van der Waals surface area contributed by atoms with E-state index in [-0.39, 0.29) is 24.3 Å². The Kier molecular flexibility index (Phi) is 4.34. The Balaban J connectivity index is 2.31. The van der Waals surface area contributed by atoms with Crippen molar-refractivity contribution < 1.29 is 13.5 Å². The Morgan fingerprint density at radius 3 is 2.86 bits per heavy atom. The predicted molar refractivity (Wildman–Crippen MR) is 55.9 cm³/mol. The zero-order valence-electron chi connectivity index (χ0n) is 8.57. The highest BCUT2D eigenvalue weighted by atomic mass is 32.2. The minimum Gasteiger partial charge on any atom is -0.396 e. The van der Waals surface area contributed by atoms with Crippen molar-refractivity contribution in [2.24, 2.45) is 5.92 Å². The van der Waals surface area contributed by atoms with Gasteiger partial charge in [0.1, 0.15) is 0 Å². The van der Waals surface area contributed by atoms with E-state index in [9.17, 15) is 8.42 Å². The molecular weight excluding hydrogens is 202 g/mol. The van der Waals surface area contributed by atoms with Gasteiger partial charge < -0.3 is 10.4 Å². The van der Waals surface area contributed by atoms with Crippen molar-refractivity contribution in [1.82, 2.24) is 5.32 Å². The van der Waals surface area contributed by atoms with Gasteiger partial charge in [-0.05, 0) is 18.8 Å². The normalized spacial score (nSPS) is 28.6. The third-order valence-corrected chi connectivity index (χ3v) is 4.35.